The number of amides is 1. The number of piperidine rings is 1. The van der Waals surface area contributed by atoms with Gasteiger partial charge in [0.1, 0.15) is 0 Å². The van der Waals surface area contributed by atoms with E-state index in [0.717, 1.165) is 32.2 Å². The lowest BCUT2D eigenvalue weighted by Gasteiger charge is -2.46. The van der Waals surface area contributed by atoms with Gasteiger partial charge in [-0.25, -0.2) is 0 Å². The summed E-state index contributed by atoms with van der Waals surface area (Å²) in [5.74, 6) is 0.242. The van der Waals surface area contributed by atoms with Gasteiger partial charge in [-0.3, -0.25) is 4.79 Å². The van der Waals surface area contributed by atoms with E-state index < -0.39 is 0 Å². The van der Waals surface area contributed by atoms with Crippen LogP contribution < -0.4 is 5.73 Å². The molecule has 2 heterocycles. The van der Waals surface area contributed by atoms with E-state index in [2.05, 4.69) is 24.9 Å². The molecule has 2 rings (SSSR count). The fraction of sp³-hybridized carbons (Fsp3) is 0.667. The predicted molar refractivity (Wildman–Crippen MR) is 76.7 cm³/mol. The number of carbonyl (C=O) groups excluding carboxylic acids is 1. The maximum absolute atomic E-state index is 12.3. The number of aromatic nitrogens is 1. The highest BCUT2D eigenvalue weighted by Crippen LogP contribution is 2.27. The highest BCUT2D eigenvalue weighted by Gasteiger charge is 2.38. The summed E-state index contributed by atoms with van der Waals surface area (Å²) in [6, 6.07) is 4.14. The van der Waals surface area contributed by atoms with Crippen LogP contribution in [0.2, 0.25) is 0 Å². The Bertz CT molecular complexity index is 411. The summed E-state index contributed by atoms with van der Waals surface area (Å²) >= 11 is 0. The summed E-state index contributed by atoms with van der Waals surface area (Å²) in [4.78, 5) is 17.5. The normalized spacial score (nSPS) is 22.5. The van der Waals surface area contributed by atoms with Crippen molar-refractivity contribution in [2.24, 2.45) is 5.73 Å². The van der Waals surface area contributed by atoms with Crippen LogP contribution in [-0.2, 0) is 11.2 Å². The van der Waals surface area contributed by atoms with E-state index in [-0.39, 0.29) is 17.5 Å². The number of nitrogens with one attached hydrogen (secondary N) is 1. The molecule has 4 nitrogen and oxygen atoms in total. The molecule has 3 N–H and O–H groups in total. The summed E-state index contributed by atoms with van der Waals surface area (Å²) in [6.45, 7) is 5.02. The van der Waals surface area contributed by atoms with Gasteiger partial charge in [-0.05, 0) is 51.7 Å². The van der Waals surface area contributed by atoms with Crippen molar-refractivity contribution in [1.29, 1.82) is 0 Å². The summed E-state index contributed by atoms with van der Waals surface area (Å²) in [7, 11) is 0. The lowest BCUT2D eigenvalue weighted by atomic mass is 9.85. The zero-order chi connectivity index (χ0) is 13.9. The van der Waals surface area contributed by atoms with Gasteiger partial charge in [-0.1, -0.05) is 0 Å². The molecule has 0 aromatic carbocycles. The molecule has 1 unspecified atom stereocenters. The largest absolute Gasteiger partial charge is 0.365 e. The minimum Gasteiger partial charge on any atom is -0.365 e. The van der Waals surface area contributed by atoms with Crippen molar-refractivity contribution >= 4 is 5.91 Å². The van der Waals surface area contributed by atoms with Gasteiger partial charge in [0.2, 0.25) is 5.91 Å². The van der Waals surface area contributed by atoms with Crippen molar-refractivity contribution in [2.75, 3.05) is 6.54 Å². The standard InChI is InChI=1S/C15H25N3O/c1-15(2)13(16)8-5-11-18(15)14(19)9-3-6-12-7-4-10-17-12/h4,7,10,13,17H,3,5-6,8-9,11,16H2,1-2H3. The fourth-order valence-corrected chi connectivity index (χ4v) is 2.85. The number of nitrogens with zero attached hydrogens (tertiary/aromatic N) is 1. The van der Waals surface area contributed by atoms with Gasteiger partial charge < -0.3 is 15.6 Å². The smallest absolute Gasteiger partial charge is 0.223 e. The van der Waals surface area contributed by atoms with E-state index in [1.807, 2.05) is 17.2 Å². The number of nitrogens with two attached hydrogens (primary N) is 1. The van der Waals surface area contributed by atoms with Gasteiger partial charge >= 0.3 is 0 Å². The minimum atomic E-state index is -0.207. The van der Waals surface area contributed by atoms with Crippen molar-refractivity contribution < 1.29 is 4.79 Å². The van der Waals surface area contributed by atoms with Crippen molar-refractivity contribution in [3.05, 3.63) is 24.0 Å². The van der Waals surface area contributed by atoms with E-state index in [0.29, 0.717) is 6.42 Å². The number of hydrogen-bond acceptors (Lipinski definition) is 2. The zero-order valence-electron chi connectivity index (χ0n) is 12.0. The number of aromatic amines is 1. The lowest BCUT2D eigenvalue weighted by molar-refractivity contribution is -0.139. The molecule has 1 fully saturated rings. The highest BCUT2D eigenvalue weighted by atomic mass is 16.2. The maximum Gasteiger partial charge on any atom is 0.223 e. The Balaban J connectivity index is 1.85. The molecule has 0 saturated carbocycles. The zero-order valence-corrected chi connectivity index (χ0v) is 12.0. The number of carbonyl (C=O) groups is 1. The Hall–Kier alpha value is -1.29. The number of rotatable bonds is 4. The first-order valence-electron chi connectivity index (χ1n) is 7.20. The molecule has 19 heavy (non-hydrogen) atoms. The van der Waals surface area contributed by atoms with E-state index in [1.54, 1.807) is 0 Å². The topological polar surface area (TPSA) is 62.1 Å². The Kier molecular flexibility index (Phi) is 4.30. The molecular weight excluding hydrogens is 238 g/mol. The molecule has 1 saturated heterocycles. The number of likely N-dealkylation sites (tertiary alicyclic amines) is 1. The van der Waals surface area contributed by atoms with Crippen molar-refractivity contribution in [3.63, 3.8) is 0 Å². The predicted octanol–water partition coefficient (Wildman–Crippen LogP) is 2.07. The van der Waals surface area contributed by atoms with Crippen molar-refractivity contribution in [2.45, 2.75) is 57.5 Å². The van der Waals surface area contributed by atoms with E-state index in [9.17, 15) is 4.79 Å². The van der Waals surface area contributed by atoms with Crippen LogP contribution in [0.25, 0.3) is 0 Å². The van der Waals surface area contributed by atoms with E-state index in [4.69, 9.17) is 5.73 Å². The molecule has 0 bridgehead atoms. The third-order valence-corrected chi connectivity index (χ3v) is 4.30. The Morgan fingerprint density at radius 2 is 2.37 bits per heavy atom. The second-order valence-electron chi connectivity index (χ2n) is 6.00. The summed E-state index contributed by atoms with van der Waals surface area (Å²) < 4.78 is 0. The third kappa shape index (κ3) is 3.18. The molecule has 4 heteroatoms. The van der Waals surface area contributed by atoms with Gasteiger partial charge in [0, 0.05) is 30.9 Å². The molecule has 0 spiro atoms. The minimum absolute atomic E-state index is 0.0913. The van der Waals surface area contributed by atoms with Crippen LogP contribution >= 0.6 is 0 Å². The van der Waals surface area contributed by atoms with Gasteiger partial charge in [0.25, 0.3) is 0 Å². The number of H-pyrrole nitrogens is 1. The molecule has 106 valence electrons. The fourth-order valence-electron chi connectivity index (χ4n) is 2.85. The van der Waals surface area contributed by atoms with Crippen LogP contribution in [0.1, 0.15) is 45.2 Å². The Morgan fingerprint density at radius 1 is 1.58 bits per heavy atom. The maximum atomic E-state index is 12.3. The summed E-state index contributed by atoms with van der Waals surface area (Å²) in [5.41, 5.74) is 7.14. The highest BCUT2D eigenvalue weighted by molar-refractivity contribution is 5.77. The second kappa shape index (κ2) is 5.78. The molecule has 1 aromatic rings. The Labute approximate surface area is 115 Å². The van der Waals surface area contributed by atoms with Crippen LogP contribution in [0.4, 0.5) is 0 Å². The second-order valence-corrected chi connectivity index (χ2v) is 6.00. The molecule has 1 aliphatic rings. The Morgan fingerprint density at radius 3 is 3.05 bits per heavy atom. The number of hydrogen-bond donors (Lipinski definition) is 2. The monoisotopic (exact) mass is 263 g/mol. The van der Waals surface area contributed by atoms with Crippen LogP contribution in [0, 0.1) is 0 Å². The van der Waals surface area contributed by atoms with E-state index >= 15 is 0 Å². The van der Waals surface area contributed by atoms with Crippen LogP contribution in [0.15, 0.2) is 18.3 Å². The SMILES string of the molecule is CC1(C)C(N)CCCN1C(=O)CCCc1ccc[nH]1. The molecule has 1 aromatic heterocycles. The number of aryl methyl sites for hydroxylation is 1. The molecule has 0 radical (unpaired) electrons. The quantitative estimate of drug-likeness (QED) is 0.873. The first-order chi connectivity index (χ1) is 9.01. The average Bonchev–Trinajstić information content (AvgIpc) is 2.85. The first kappa shape index (κ1) is 14.1. The van der Waals surface area contributed by atoms with Crippen LogP contribution in [-0.4, -0.2) is 33.9 Å². The first-order valence-corrected chi connectivity index (χ1v) is 7.20. The molecule has 1 aliphatic heterocycles. The molecular formula is C15H25N3O. The average molecular weight is 263 g/mol. The van der Waals surface area contributed by atoms with Gasteiger partial charge in [-0.2, -0.15) is 0 Å². The molecule has 0 aliphatic carbocycles. The van der Waals surface area contributed by atoms with Gasteiger partial charge in [0.05, 0.1) is 5.54 Å². The van der Waals surface area contributed by atoms with Crippen molar-refractivity contribution in [3.8, 4) is 0 Å². The lowest BCUT2D eigenvalue weighted by Crippen LogP contribution is -2.61. The summed E-state index contributed by atoms with van der Waals surface area (Å²) in [6.07, 6.45) is 6.38. The third-order valence-electron chi connectivity index (χ3n) is 4.30. The van der Waals surface area contributed by atoms with Crippen LogP contribution in [0.3, 0.4) is 0 Å². The van der Waals surface area contributed by atoms with Gasteiger partial charge in [0.15, 0.2) is 0 Å². The molecule has 1 atom stereocenters. The van der Waals surface area contributed by atoms with E-state index in [1.165, 1.54) is 5.69 Å². The van der Waals surface area contributed by atoms with Gasteiger partial charge in [-0.15, -0.1) is 0 Å². The van der Waals surface area contributed by atoms with Crippen LogP contribution in [0.5, 0.6) is 0 Å². The summed E-state index contributed by atoms with van der Waals surface area (Å²) in [5, 5.41) is 0. The molecule has 1 amide bonds. The van der Waals surface area contributed by atoms with Crippen molar-refractivity contribution in [1.82, 2.24) is 9.88 Å².